The van der Waals surface area contributed by atoms with Crippen LogP contribution >= 0.6 is 15.9 Å². The van der Waals surface area contributed by atoms with E-state index in [1.54, 1.807) is 0 Å². The molecule has 0 fully saturated rings. The summed E-state index contributed by atoms with van der Waals surface area (Å²) in [6.45, 7) is 7.47. The summed E-state index contributed by atoms with van der Waals surface area (Å²) in [7, 11) is 0. The molecule has 1 N–H and O–H groups in total. The molecule has 0 aliphatic carbocycles. The van der Waals surface area contributed by atoms with Gasteiger partial charge in [-0.2, -0.15) is 0 Å². The van der Waals surface area contributed by atoms with Crippen molar-refractivity contribution in [2.24, 2.45) is 0 Å². The van der Waals surface area contributed by atoms with Gasteiger partial charge in [-0.3, -0.25) is 0 Å². The Balaban J connectivity index is 2.04. The van der Waals surface area contributed by atoms with Gasteiger partial charge in [0.1, 0.15) is 0 Å². The maximum atomic E-state index is 3.60. The lowest BCUT2D eigenvalue weighted by Gasteiger charge is -2.17. The Morgan fingerprint density at radius 2 is 1.58 bits per heavy atom. The van der Waals surface area contributed by atoms with E-state index in [-0.39, 0.29) is 0 Å². The van der Waals surface area contributed by atoms with Crippen LogP contribution in [0.2, 0.25) is 0 Å². The van der Waals surface area contributed by atoms with Gasteiger partial charge in [0.2, 0.25) is 0 Å². The fraction of sp³-hybridized carbons (Fsp3) is 0.294. The average Bonchev–Trinajstić information content (AvgIpc) is 2.38. The van der Waals surface area contributed by atoms with Crippen LogP contribution in [0.3, 0.4) is 0 Å². The molecule has 0 unspecified atom stereocenters. The van der Waals surface area contributed by atoms with E-state index in [4.69, 9.17) is 0 Å². The van der Waals surface area contributed by atoms with E-state index in [1.807, 2.05) is 0 Å². The minimum Gasteiger partial charge on any atom is -0.306 e. The van der Waals surface area contributed by atoms with E-state index in [1.165, 1.54) is 22.3 Å². The molecular formula is C17H20BrN. The smallest absolute Gasteiger partial charge is 0.0294 e. The first kappa shape index (κ1) is 14.3. The highest BCUT2D eigenvalue weighted by molar-refractivity contribution is 9.10. The van der Waals surface area contributed by atoms with Crippen molar-refractivity contribution in [3.63, 3.8) is 0 Å². The van der Waals surface area contributed by atoms with E-state index in [0.29, 0.717) is 6.04 Å². The summed E-state index contributed by atoms with van der Waals surface area (Å²) in [5.41, 5.74) is 5.44. The topological polar surface area (TPSA) is 12.0 Å². The van der Waals surface area contributed by atoms with Crippen molar-refractivity contribution >= 4 is 15.9 Å². The number of nitrogens with one attached hydrogen (secondary N) is 1. The SMILES string of the molecule is Cc1cccc(C)c1CN[C@H](C)c1ccc(Br)cc1. The minimum atomic E-state index is 0.354. The fourth-order valence-corrected chi connectivity index (χ4v) is 2.52. The van der Waals surface area contributed by atoms with Crippen molar-refractivity contribution in [2.45, 2.75) is 33.4 Å². The zero-order valence-corrected chi connectivity index (χ0v) is 13.3. The third-order valence-corrected chi connectivity index (χ3v) is 4.13. The number of halogens is 1. The second-order valence-corrected chi connectivity index (χ2v) is 5.94. The molecular weight excluding hydrogens is 298 g/mol. The number of hydrogen-bond acceptors (Lipinski definition) is 1. The molecule has 0 heterocycles. The molecule has 2 rings (SSSR count). The molecule has 1 atom stereocenters. The van der Waals surface area contributed by atoms with Crippen LogP contribution in [0.25, 0.3) is 0 Å². The number of benzene rings is 2. The lowest BCUT2D eigenvalue weighted by Crippen LogP contribution is -2.19. The Kier molecular flexibility index (Phi) is 4.78. The summed E-state index contributed by atoms with van der Waals surface area (Å²) < 4.78 is 1.12. The summed E-state index contributed by atoms with van der Waals surface area (Å²) >= 11 is 3.47. The summed E-state index contributed by atoms with van der Waals surface area (Å²) in [4.78, 5) is 0. The van der Waals surface area contributed by atoms with Crippen molar-refractivity contribution in [1.82, 2.24) is 5.32 Å². The summed E-state index contributed by atoms with van der Waals surface area (Å²) in [6, 6.07) is 15.3. The van der Waals surface area contributed by atoms with Crippen LogP contribution in [-0.2, 0) is 6.54 Å². The standard InChI is InChI=1S/C17H20BrN/c1-12-5-4-6-13(2)17(12)11-19-14(3)15-7-9-16(18)10-8-15/h4-10,14,19H,11H2,1-3H3/t14-/m1/s1. The van der Waals surface area contributed by atoms with E-state index in [9.17, 15) is 0 Å². The van der Waals surface area contributed by atoms with Gasteiger partial charge in [-0.05, 0) is 55.2 Å². The van der Waals surface area contributed by atoms with Crippen molar-refractivity contribution < 1.29 is 0 Å². The average molecular weight is 318 g/mol. The van der Waals surface area contributed by atoms with Gasteiger partial charge < -0.3 is 5.32 Å². The van der Waals surface area contributed by atoms with E-state index in [2.05, 4.69) is 84.5 Å². The van der Waals surface area contributed by atoms with Crippen molar-refractivity contribution in [2.75, 3.05) is 0 Å². The summed E-state index contributed by atoms with van der Waals surface area (Å²) in [5, 5.41) is 3.60. The molecule has 19 heavy (non-hydrogen) atoms. The van der Waals surface area contributed by atoms with Gasteiger partial charge in [0.05, 0.1) is 0 Å². The van der Waals surface area contributed by atoms with Gasteiger partial charge in [-0.25, -0.2) is 0 Å². The zero-order chi connectivity index (χ0) is 13.8. The van der Waals surface area contributed by atoms with Crippen LogP contribution in [0.5, 0.6) is 0 Å². The quantitative estimate of drug-likeness (QED) is 0.844. The van der Waals surface area contributed by atoms with E-state index >= 15 is 0 Å². The van der Waals surface area contributed by atoms with Gasteiger partial charge in [0, 0.05) is 17.1 Å². The fourth-order valence-electron chi connectivity index (χ4n) is 2.25. The van der Waals surface area contributed by atoms with Gasteiger partial charge in [-0.15, -0.1) is 0 Å². The van der Waals surface area contributed by atoms with Crippen LogP contribution < -0.4 is 5.32 Å². The zero-order valence-electron chi connectivity index (χ0n) is 11.7. The molecule has 0 aliphatic heterocycles. The molecule has 2 aromatic rings. The van der Waals surface area contributed by atoms with Crippen molar-refractivity contribution in [1.29, 1.82) is 0 Å². The van der Waals surface area contributed by atoms with E-state index in [0.717, 1.165) is 11.0 Å². The summed E-state index contributed by atoms with van der Waals surface area (Å²) in [5.74, 6) is 0. The van der Waals surface area contributed by atoms with Crippen molar-refractivity contribution in [3.05, 3.63) is 69.2 Å². The minimum absolute atomic E-state index is 0.354. The molecule has 2 aromatic carbocycles. The highest BCUT2D eigenvalue weighted by atomic mass is 79.9. The second-order valence-electron chi connectivity index (χ2n) is 5.02. The third kappa shape index (κ3) is 3.68. The van der Waals surface area contributed by atoms with Crippen LogP contribution in [0, 0.1) is 13.8 Å². The normalized spacial score (nSPS) is 12.4. The Bertz CT molecular complexity index is 525. The third-order valence-electron chi connectivity index (χ3n) is 3.60. The van der Waals surface area contributed by atoms with Crippen molar-refractivity contribution in [3.8, 4) is 0 Å². The summed E-state index contributed by atoms with van der Waals surface area (Å²) in [6.07, 6.45) is 0. The van der Waals surface area contributed by atoms with Crippen LogP contribution in [0.1, 0.15) is 35.2 Å². The van der Waals surface area contributed by atoms with E-state index < -0.39 is 0 Å². The highest BCUT2D eigenvalue weighted by Gasteiger charge is 2.07. The highest BCUT2D eigenvalue weighted by Crippen LogP contribution is 2.18. The predicted octanol–water partition coefficient (Wildman–Crippen LogP) is 4.92. The molecule has 0 bridgehead atoms. The Morgan fingerprint density at radius 1 is 1.00 bits per heavy atom. The molecule has 0 aromatic heterocycles. The molecule has 100 valence electrons. The molecule has 2 heteroatoms. The Hall–Kier alpha value is -1.12. The Morgan fingerprint density at radius 3 is 2.16 bits per heavy atom. The molecule has 1 nitrogen and oxygen atoms in total. The Labute approximate surface area is 124 Å². The lowest BCUT2D eigenvalue weighted by atomic mass is 10.0. The molecule has 0 spiro atoms. The lowest BCUT2D eigenvalue weighted by molar-refractivity contribution is 0.572. The molecule has 0 radical (unpaired) electrons. The molecule has 0 aliphatic rings. The van der Waals surface area contributed by atoms with Gasteiger partial charge in [0.25, 0.3) is 0 Å². The molecule has 0 amide bonds. The maximum absolute atomic E-state index is 3.60. The predicted molar refractivity (Wildman–Crippen MR) is 85.3 cm³/mol. The monoisotopic (exact) mass is 317 g/mol. The van der Waals surface area contributed by atoms with Gasteiger partial charge >= 0.3 is 0 Å². The van der Waals surface area contributed by atoms with Crippen LogP contribution in [0.15, 0.2) is 46.9 Å². The second kappa shape index (κ2) is 6.36. The maximum Gasteiger partial charge on any atom is 0.0294 e. The molecule has 0 saturated carbocycles. The first-order chi connectivity index (χ1) is 9.08. The van der Waals surface area contributed by atoms with Crippen LogP contribution in [-0.4, -0.2) is 0 Å². The number of hydrogen-bond donors (Lipinski definition) is 1. The largest absolute Gasteiger partial charge is 0.306 e. The number of aryl methyl sites for hydroxylation is 2. The number of rotatable bonds is 4. The van der Waals surface area contributed by atoms with Crippen LogP contribution in [0.4, 0.5) is 0 Å². The van der Waals surface area contributed by atoms with Gasteiger partial charge in [0.15, 0.2) is 0 Å². The van der Waals surface area contributed by atoms with Gasteiger partial charge in [-0.1, -0.05) is 46.3 Å². The first-order valence-electron chi connectivity index (χ1n) is 6.62. The first-order valence-corrected chi connectivity index (χ1v) is 7.41. The molecule has 0 saturated heterocycles.